The fourth-order valence-electron chi connectivity index (χ4n) is 2.66. The van der Waals surface area contributed by atoms with Gasteiger partial charge in [0.1, 0.15) is 11.9 Å². The first-order valence-corrected chi connectivity index (χ1v) is 7.17. The van der Waals surface area contributed by atoms with Crippen LogP contribution in [0.1, 0.15) is 15.9 Å². The molecule has 2 heterocycles. The van der Waals surface area contributed by atoms with Crippen molar-refractivity contribution >= 4 is 17.2 Å². The highest BCUT2D eigenvalue weighted by atomic mass is 16.5. The zero-order valence-electron chi connectivity index (χ0n) is 12.1. The number of aromatic amines is 1. The van der Waals surface area contributed by atoms with Gasteiger partial charge in [-0.3, -0.25) is 9.89 Å². The molecule has 2 aromatic rings. The average molecular weight is 306 g/mol. The van der Waals surface area contributed by atoms with Crippen LogP contribution in [-0.2, 0) is 0 Å². The molecule has 0 spiro atoms. The summed E-state index contributed by atoms with van der Waals surface area (Å²) in [4.78, 5) is 12.2. The number of hydrogen-bond donors (Lipinski definition) is 3. The Morgan fingerprint density at radius 3 is 3.13 bits per heavy atom. The van der Waals surface area contributed by atoms with Gasteiger partial charge in [0.2, 0.25) is 0 Å². The number of nitrogens with two attached hydrogens (primary N) is 1. The van der Waals surface area contributed by atoms with Gasteiger partial charge in [0.05, 0.1) is 11.8 Å². The number of rotatable bonds is 2. The number of benzene rings is 1. The van der Waals surface area contributed by atoms with E-state index in [1.165, 1.54) is 6.20 Å². The van der Waals surface area contributed by atoms with E-state index in [-0.39, 0.29) is 12.0 Å². The highest BCUT2D eigenvalue weighted by molar-refractivity contribution is 5.95. The summed E-state index contributed by atoms with van der Waals surface area (Å²) in [7, 11) is 0. The molecule has 1 aliphatic heterocycles. The number of ether oxygens (including phenoxy) is 1. The molecule has 1 atom stereocenters. The fourth-order valence-corrected chi connectivity index (χ4v) is 2.66. The predicted octanol–water partition coefficient (Wildman–Crippen LogP) is 2.02. The molecule has 2 aliphatic rings. The molecule has 1 unspecified atom stereocenters. The minimum atomic E-state index is -0.222. The maximum absolute atomic E-state index is 12.2. The van der Waals surface area contributed by atoms with Crippen LogP contribution < -0.4 is 15.8 Å². The van der Waals surface area contributed by atoms with Gasteiger partial charge >= 0.3 is 0 Å². The van der Waals surface area contributed by atoms with Gasteiger partial charge in [0, 0.05) is 28.7 Å². The van der Waals surface area contributed by atoms with Gasteiger partial charge < -0.3 is 15.8 Å². The average Bonchev–Trinajstić information content (AvgIpc) is 3.12. The molecule has 6 heteroatoms. The number of nitrogen functional groups attached to an aromatic ring is 1. The van der Waals surface area contributed by atoms with E-state index < -0.39 is 0 Å². The highest BCUT2D eigenvalue weighted by Gasteiger charge is 2.28. The van der Waals surface area contributed by atoms with E-state index in [1.54, 1.807) is 6.20 Å². The summed E-state index contributed by atoms with van der Waals surface area (Å²) in [5, 5.41) is 9.27. The molecule has 0 fully saturated rings. The first-order chi connectivity index (χ1) is 11.2. The maximum Gasteiger partial charge on any atom is 0.258 e. The molecule has 23 heavy (non-hydrogen) atoms. The molecule has 6 nitrogen and oxygen atoms in total. The van der Waals surface area contributed by atoms with Gasteiger partial charge in [-0.2, -0.15) is 5.10 Å². The van der Waals surface area contributed by atoms with Crippen LogP contribution in [0, 0.1) is 0 Å². The third-order valence-electron chi connectivity index (χ3n) is 3.77. The zero-order chi connectivity index (χ0) is 15.8. The summed E-state index contributed by atoms with van der Waals surface area (Å²) in [5.74, 6) is 0.572. The smallest absolute Gasteiger partial charge is 0.258 e. The SMILES string of the molecule is Nc1ccc2c(c1)C1=CC(NC(=O)c3cn[nH]c3)=CC=CC1O2. The Morgan fingerprint density at radius 2 is 2.30 bits per heavy atom. The minimum Gasteiger partial charge on any atom is -0.481 e. The van der Waals surface area contributed by atoms with E-state index >= 15 is 0 Å². The Hall–Kier alpha value is -3.28. The summed E-state index contributed by atoms with van der Waals surface area (Å²) < 4.78 is 5.90. The van der Waals surface area contributed by atoms with Gasteiger partial charge in [-0.1, -0.05) is 6.08 Å². The van der Waals surface area contributed by atoms with E-state index in [0.717, 1.165) is 16.9 Å². The normalized spacial score (nSPS) is 18.2. The Morgan fingerprint density at radius 1 is 1.39 bits per heavy atom. The fraction of sp³-hybridized carbons (Fsp3) is 0.0588. The van der Waals surface area contributed by atoms with E-state index in [1.807, 2.05) is 42.5 Å². The third kappa shape index (κ3) is 2.40. The first kappa shape index (κ1) is 13.4. The number of aromatic nitrogens is 2. The van der Waals surface area contributed by atoms with Crippen molar-refractivity contribution in [2.45, 2.75) is 6.10 Å². The van der Waals surface area contributed by atoms with Crippen molar-refractivity contribution in [3.8, 4) is 5.75 Å². The van der Waals surface area contributed by atoms with Crippen LogP contribution in [0.5, 0.6) is 5.75 Å². The van der Waals surface area contributed by atoms with Crippen molar-refractivity contribution in [1.82, 2.24) is 15.5 Å². The first-order valence-electron chi connectivity index (χ1n) is 7.17. The number of nitrogens with one attached hydrogen (secondary N) is 2. The number of allylic oxidation sites excluding steroid dienone is 3. The lowest BCUT2D eigenvalue weighted by Crippen LogP contribution is -2.21. The molecule has 1 aromatic heterocycles. The molecular weight excluding hydrogens is 292 g/mol. The molecule has 1 amide bonds. The van der Waals surface area contributed by atoms with Crippen molar-refractivity contribution in [1.29, 1.82) is 0 Å². The summed E-state index contributed by atoms with van der Waals surface area (Å²) in [6.45, 7) is 0. The number of fused-ring (bicyclic) bond motifs is 3. The second-order valence-corrected chi connectivity index (χ2v) is 5.34. The van der Waals surface area contributed by atoms with Crippen molar-refractivity contribution in [3.63, 3.8) is 0 Å². The number of H-pyrrole nitrogens is 1. The molecule has 1 aromatic carbocycles. The third-order valence-corrected chi connectivity index (χ3v) is 3.77. The summed E-state index contributed by atoms with van der Waals surface area (Å²) in [6, 6.07) is 5.56. The van der Waals surface area contributed by atoms with Crippen molar-refractivity contribution in [3.05, 3.63) is 71.7 Å². The van der Waals surface area contributed by atoms with Crippen LogP contribution in [0.3, 0.4) is 0 Å². The minimum absolute atomic E-state index is 0.175. The van der Waals surface area contributed by atoms with Crippen LogP contribution in [-0.4, -0.2) is 22.2 Å². The van der Waals surface area contributed by atoms with Crippen molar-refractivity contribution < 1.29 is 9.53 Å². The Kier molecular flexibility index (Phi) is 3.01. The zero-order valence-corrected chi connectivity index (χ0v) is 12.1. The summed E-state index contributed by atoms with van der Waals surface area (Å²) >= 11 is 0. The Balaban J connectivity index is 1.67. The quantitative estimate of drug-likeness (QED) is 0.740. The molecule has 4 rings (SSSR count). The number of nitrogens with zero attached hydrogens (tertiary/aromatic N) is 1. The van der Waals surface area contributed by atoms with Gasteiger partial charge in [-0.25, -0.2) is 0 Å². The molecular formula is C17H14N4O2. The van der Waals surface area contributed by atoms with Gasteiger partial charge in [-0.05, 0) is 36.4 Å². The summed E-state index contributed by atoms with van der Waals surface area (Å²) in [5.41, 5.74) is 9.63. The standard InChI is InChI=1S/C17H14N4O2/c18-11-4-5-16-13(6-11)14-7-12(2-1-3-15(14)23-16)21-17(22)10-8-19-20-9-10/h1-9,15H,18H2,(H,19,20)(H,21,22). The second kappa shape index (κ2) is 5.17. The van der Waals surface area contributed by atoms with E-state index in [9.17, 15) is 4.79 Å². The van der Waals surface area contributed by atoms with Crippen LogP contribution in [0.4, 0.5) is 5.69 Å². The van der Waals surface area contributed by atoms with Gasteiger partial charge in [0.15, 0.2) is 0 Å². The second-order valence-electron chi connectivity index (χ2n) is 5.34. The number of hydrogen-bond acceptors (Lipinski definition) is 4. The molecule has 0 bridgehead atoms. The predicted molar refractivity (Wildman–Crippen MR) is 86.5 cm³/mol. The molecule has 0 radical (unpaired) electrons. The highest BCUT2D eigenvalue weighted by Crippen LogP contribution is 2.40. The van der Waals surface area contributed by atoms with Gasteiger partial charge in [0.25, 0.3) is 5.91 Å². The van der Waals surface area contributed by atoms with Gasteiger partial charge in [-0.15, -0.1) is 0 Å². The lowest BCUT2D eigenvalue weighted by Gasteiger charge is -2.07. The number of carbonyl (C=O) groups excluding carboxylic acids is 1. The maximum atomic E-state index is 12.2. The molecule has 1 aliphatic carbocycles. The van der Waals surface area contributed by atoms with E-state index in [4.69, 9.17) is 10.5 Å². The molecule has 114 valence electrons. The van der Waals surface area contributed by atoms with E-state index in [0.29, 0.717) is 16.9 Å². The monoisotopic (exact) mass is 306 g/mol. The number of carbonyl (C=O) groups is 1. The van der Waals surface area contributed by atoms with Crippen molar-refractivity contribution in [2.24, 2.45) is 0 Å². The van der Waals surface area contributed by atoms with E-state index in [2.05, 4.69) is 15.5 Å². The molecule has 4 N–H and O–H groups in total. The Bertz CT molecular complexity index is 863. The number of amides is 1. The largest absolute Gasteiger partial charge is 0.481 e. The number of anilines is 1. The Labute approximate surface area is 132 Å². The van der Waals surface area contributed by atoms with Crippen LogP contribution in [0.2, 0.25) is 0 Å². The summed E-state index contributed by atoms with van der Waals surface area (Å²) in [6.07, 6.45) is 10.4. The van der Waals surface area contributed by atoms with Crippen molar-refractivity contribution in [2.75, 3.05) is 5.73 Å². The van der Waals surface area contributed by atoms with Crippen LogP contribution in [0.25, 0.3) is 5.57 Å². The lowest BCUT2D eigenvalue weighted by atomic mass is 10.0. The molecule has 0 saturated carbocycles. The molecule has 0 saturated heterocycles. The topological polar surface area (TPSA) is 93.0 Å². The lowest BCUT2D eigenvalue weighted by molar-refractivity contribution is 0.0967. The van der Waals surface area contributed by atoms with Crippen LogP contribution >= 0.6 is 0 Å². The van der Waals surface area contributed by atoms with Crippen LogP contribution in [0.15, 0.2) is 60.6 Å².